The maximum absolute atomic E-state index is 11.3. The minimum atomic E-state index is -0.0676. The summed E-state index contributed by atoms with van der Waals surface area (Å²) in [5.74, 6) is 2.04. The van der Waals surface area contributed by atoms with Gasteiger partial charge in [0.15, 0.2) is 0 Å². The molecule has 0 amide bonds. The summed E-state index contributed by atoms with van der Waals surface area (Å²) < 4.78 is 5.93. The lowest BCUT2D eigenvalue weighted by molar-refractivity contribution is -0.141. The Bertz CT molecular complexity index is 399. The van der Waals surface area contributed by atoms with Crippen molar-refractivity contribution in [2.24, 2.45) is 5.41 Å². The number of hydrogen-bond acceptors (Lipinski definition) is 4. The van der Waals surface area contributed by atoms with Gasteiger partial charge in [-0.3, -0.25) is 4.79 Å². The molecule has 17 heavy (non-hydrogen) atoms. The summed E-state index contributed by atoms with van der Waals surface area (Å²) in [6.45, 7) is 0. The number of carbonyl (C=O) groups excluding carboxylic acids is 1. The Kier molecular flexibility index (Phi) is 4.55. The molecule has 0 spiro atoms. The van der Waals surface area contributed by atoms with Gasteiger partial charge in [-0.15, -0.1) is 11.3 Å². The molecule has 1 fully saturated rings. The van der Waals surface area contributed by atoms with Crippen molar-refractivity contribution in [1.82, 2.24) is 0 Å². The zero-order valence-electron chi connectivity index (χ0n) is 9.70. The van der Waals surface area contributed by atoms with Crippen LogP contribution in [-0.4, -0.2) is 18.8 Å². The maximum Gasteiger partial charge on any atom is 0.306 e. The third-order valence-corrected chi connectivity index (χ3v) is 6.12. The first-order chi connectivity index (χ1) is 8.13. The molecule has 1 aliphatic carbocycles. The molecule has 2 rings (SSSR count). The monoisotopic (exact) mass is 334 g/mol. The Labute approximate surface area is 118 Å². The largest absolute Gasteiger partial charge is 0.469 e. The predicted octanol–water partition coefficient (Wildman–Crippen LogP) is 4.09. The molecule has 5 heteroatoms. The second kappa shape index (κ2) is 5.76. The Hall–Kier alpha value is -0.0000000000000000833. The van der Waals surface area contributed by atoms with Crippen LogP contribution in [0.15, 0.2) is 15.9 Å². The molecular formula is C12H15BrO2S2. The van der Waals surface area contributed by atoms with E-state index in [1.54, 1.807) is 11.3 Å². The Morgan fingerprint density at radius 3 is 2.88 bits per heavy atom. The first kappa shape index (κ1) is 13.4. The van der Waals surface area contributed by atoms with Gasteiger partial charge in [0.05, 0.1) is 17.3 Å². The molecule has 0 saturated heterocycles. The molecule has 0 bridgehead atoms. The molecule has 1 aromatic heterocycles. The SMILES string of the molecule is COC(=O)CC1(CSCc2ccc(Br)s2)CC1. The van der Waals surface area contributed by atoms with E-state index in [-0.39, 0.29) is 11.4 Å². The molecule has 0 radical (unpaired) electrons. The van der Waals surface area contributed by atoms with E-state index >= 15 is 0 Å². The number of hydrogen-bond donors (Lipinski definition) is 0. The first-order valence-electron chi connectivity index (χ1n) is 5.52. The van der Waals surface area contributed by atoms with E-state index in [4.69, 9.17) is 4.74 Å². The quantitative estimate of drug-likeness (QED) is 0.733. The van der Waals surface area contributed by atoms with Gasteiger partial charge in [-0.05, 0) is 52.1 Å². The summed E-state index contributed by atoms with van der Waals surface area (Å²) in [5.41, 5.74) is 0.242. The number of thioether (sulfide) groups is 1. The number of esters is 1. The predicted molar refractivity (Wildman–Crippen MR) is 76.5 cm³/mol. The number of methoxy groups -OCH3 is 1. The normalized spacial score (nSPS) is 16.8. The summed E-state index contributed by atoms with van der Waals surface area (Å²) in [4.78, 5) is 12.7. The average molecular weight is 335 g/mol. The van der Waals surface area contributed by atoms with Crippen LogP contribution in [0.5, 0.6) is 0 Å². The number of thiophene rings is 1. The van der Waals surface area contributed by atoms with E-state index < -0.39 is 0 Å². The van der Waals surface area contributed by atoms with Crippen molar-refractivity contribution >= 4 is 45.0 Å². The van der Waals surface area contributed by atoms with Gasteiger partial charge in [-0.1, -0.05) is 0 Å². The Morgan fingerprint density at radius 2 is 2.35 bits per heavy atom. The second-order valence-corrected chi connectivity index (χ2v) is 7.98. The fourth-order valence-corrected chi connectivity index (χ4v) is 4.71. The molecule has 0 aliphatic heterocycles. The van der Waals surface area contributed by atoms with Crippen LogP contribution in [0, 0.1) is 5.41 Å². The van der Waals surface area contributed by atoms with Crippen LogP contribution in [0.25, 0.3) is 0 Å². The van der Waals surface area contributed by atoms with Crippen molar-refractivity contribution < 1.29 is 9.53 Å². The Morgan fingerprint density at radius 1 is 1.59 bits per heavy atom. The number of ether oxygens (including phenoxy) is 1. The Balaban J connectivity index is 1.73. The highest BCUT2D eigenvalue weighted by Crippen LogP contribution is 2.51. The highest BCUT2D eigenvalue weighted by atomic mass is 79.9. The van der Waals surface area contributed by atoms with Gasteiger partial charge in [0.1, 0.15) is 0 Å². The highest BCUT2D eigenvalue weighted by molar-refractivity contribution is 9.11. The molecular weight excluding hydrogens is 320 g/mol. The van der Waals surface area contributed by atoms with Gasteiger partial charge in [0.2, 0.25) is 0 Å². The molecule has 0 unspecified atom stereocenters. The third-order valence-electron chi connectivity index (χ3n) is 2.99. The van der Waals surface area contributed by atoms with Crippen LogP contribution in [0.4, 0.5) is 0 Å². The van der Waals surface area contributed by atoms with Crippen LogP contribution < -0.4 is 0 Å². The first-order valence-corrected chi connectivity index (χ1v) is 8.29. The standard InChI is InChI=1S/C12H15BrO2S2/c1-15-11(14)6-12(4-5-12)8-16-7-9-2-3-10(13)17-9/h2-3H,4-8H2,1H3. The summed E-state index contributed by atoms with van der Waals surface area (Å²) in [6.07, 6.45) is 2.93. The van der Waals surface area contributed by atoms with Gasteiger partial charge >= 0.3 is 5.97 Å². The van der Waals surface area contributed by atoms with E-state index in [0.717, 1.165) is 11.5 Å². The van der Waals surface area contributed by atoms with Crippen LogP contribution >= 0.6 is 39.0 Å². The van der Waals surface area contributed by atoms with Crippen LogP contribution in [0.2, 0.25) is 0 Å². The van der Waals surface area contributed by atoms with Crippen LogP contribution in [0.1, 0.15) is 24.1 Å². The number of rotatable bonds is 6. The van der Waals surface area contributed by atoms with Gasteiger partial charge in [0.25, 0.3) is 0 Å². The van der Waals surface area contributed by atoms with E-state index in [1.165, 1.54) is 28.6 Å². The average Bonchev–Trinajstić information content (AvgIpc) is 2.93. The van der Waals surface area contributed by atoms with Crippen molar-refractivity contribution in [3.8, 4) is 0 Å². The molecule has 1 saturated carbocycles. The van der Waals surface area contributed by atoms with E-state index in [1.807, 2.05) is 11.8 Å². The minimum Gasteiger partial charge on any atom is -0.469 e. The highest BCUT2D eigenvalue weighted by Gasteiger charge is 2.44. The summed E-state index contributed by atoms with van der Waals surface area (Å²) >= 11 is 7.17. The van der Waals surface area contributed by atoms with E-state index in [9.17, 15) is 4.79 Å². The van der Waals surface area contributed by atoms with Crippen molar-refractivity contribution in [3.63, 3.8) is 0 Å². The molecule has 94 valence electrons. The van der Waals surface area contributed by atoms with Gasteiger partial charge in [0, 0.05) is 10.6 Å². The molecule has 2 nitrogen and oxygen atoms in total. The van der Waals surface area contributed by atoms with Gasteiger partial charge in [-0.25, -0.2) is 0 Å². The summed E-state index contributed by atoms with van der Waals surface area (Å²) in [6, 6.07) is 4.24. The smallest absolute Gasteiger partial charge is 0.306 e. The lowest BCUT2D eigenvalue weighted by Gasteiger charge is -2.12. The number of halogens is 1. The molecule has 1 aliphatic rings. The topological polar surface area (TPSA) is 26.3 Å². The van der Waals surface area contributed by atoms with Crippen LogP contribution in [-0.2, 0) is 15.3 Å². The molecule has 0 N–H and O–H groups in total. The summed E-state index contributed by atoms with van der Waals surface area (Å²) in [5, 5.41) is 0. The molecule has 0 atom stereocenters. The van der Waals surface area contributed by atoms with Gasteiger partial charge < -0.3 is 4.74 Å². The second-order valence-electron chi connectivity index (χ2n) is 4.45. The maximum atomic E-state index is 11.3. The van der Waals surface area contributed by atoms with Crippen LogP contribution in [0.3, 0.4) is 0 Å². The summed E-state index contributed by atoms with van der Waals surface area (Å²) in [7, 11) is 1.47. The zero-order chi connectivity index (χ0) is 12.3. The zero-order valence-corrected chi connectivity index (χ0v) is 12.9. The molecule has 1 aromatic rings. The molecule has 0 aromatic carbocycles. The van der Waals surface area contributed by atoms with Crippen molar-refractivity contribution in [3.05, 3.63) is 20.8 Å². The van der Waals surface area contributed by atoms with E-state index in [0.29, 0.717) is 6.42 Å². The number of carbonyl (C=O) groups is 1. The third kappa shape index (κ3) is 4.00. The minimum absolute atomic E-state index is 0.0676. The lowest BCUT2D eigenvalue weighted by atomic mass is 10.1. The fourth-order valence-electron chi connectivity index (χ4n) is 1.72. The van der Waals surface area contributed by atoms with Crippen molar-refractivity contribution in [2.45, 2.75) is 25.0 Å². The van der Waals surface area contributed by atoms with E-state index in [2.05, 4.69) is 28.1 Å². The van der Waals surface area contributed by atoms with Crippen molar-refractivity contribution in [2.75, 3.05) is 12.9 Å². The van der Waals surface area contributed by atoms with Gasteiger partial charge in [-0.2, -0.15) is 11.8 Å². The molecule has 1 heterocycles. The fraction of sp³-hybridized carbons (Fsp3) is 0.583. The van der Waals surface area contributed by atoms with Crippen molar-refractivity contribution in [1.29, 1.82) is 0 Å². The lowest BCUT2D eigenvalue weighted by Crippen LogP contribution is -2.13.